The molecule has 0 aliphatic carbocycles. The molecule has 0 fully saturated rings. The highest BCUT2D eigenvalue weighted by atomic mass is 79.9. The fourth-order valence-electron chi connectivity index (χ4n) is 3.63. The van der Waals surface area contributed by atoms with Gasteiger partial charge < -0.3 is 9.30 Å². The number of ketones is 1. The zero-order chi connectivity index (χ0) is 21.5. The SMILES string of the molecule is COCCCn1c(C)cc(C(=O)Cn2c(Br)nc3c(=O)n(C)c(=O)n(C)c32)c1C. The van der Waals surface area contributed by atoms with Gasteiger partial charge in [-0.15, -0.1) is 0 Å². The molecule has 0 saturated carbocycles. The second kappa shape index (κ2) is 8.11. The largest absolute Gasteiger partial charge is 0.385 e. The van der Waals surface area contributed by atoms with Gasteiger partial charge in [0.1, 0.15) is 0 Å². The van der Waals surface area contributed by atoms with E-state index >= 15 is 0 Å². The van der Waals surface area contributed by atoms with E-state index in [9.17, 15) is 14.4 Å². The summed E-state index contributed by atoms with van der Waals surface area (Å²) in [6, 6.07) is 1.87. The zero-order valence-corrected chi connectivity index (χ0v) is 18.7. The molecular weight excluding hydrogens is 442 g/mol. The molecule has 29 heavy (non-hydrogen) atoms. The molecule has 3 aromatic rings. The van der Waals surface area contributed by atoms with Crippen LogP contribution in [0, 0.1) is 13.8 Å². The highest BCUT2D eigenvalue weighted by Gasteiger charge is 2.22. The molecule has 3 heterocycles. The van der Waals surface area contributed by atoms with Gasteiger partial charge in [-0.05, 0) is 42.3 Å². The zero-order valence-electron chi connectivity index (χ0n) is 17.2. The molecule has 0 N–H and O–H groups in total. The van der Waals surface area contributed by atoms with Gasteiger partial charge in [-0.25, -0.2) is 9.78 Å². The molecule has 156 valence electrons. The molecule has 0 unspecified atom stereocenters. The molecule has 0 aliphatic rings. The average molecular weight is 466 g/mol. The van der Waals surface area contributed by atoms with Gasteiger partial charge >= 0.3 is 5.69 Å². The first-order valence-corrected chi connectivity index (χ1v) is 9.99. The number of methoxy groups -OCH3 is 1. The van der Waals surface area contributed by atoms with Gasteiger partial charge in [-0.2, -0.15) is 0 Å². The Bertz CT molecular complexity index is 1210. The summed E-state index contributed by atoms with van der Waals surface area (Å²) < 4.78 is 11.4. The second-order valence-electron chi connectivity index (χ2n) is 7.05. The monoisotopic (exact) mass is 465 g/mol. The lowest BCUT2D eigenvalue weighted by Gasteiger charge is -2.11. The third kappa shape index (κ3) is 3.62. The third-order valence-corrected chi connectivity index (χ3v) is 5.80. The molecule has 0 aromatic carbocycles. The lowest BCUT2D eigenvalue weighted by Crippen LogP contribution is -2.37. The Hall–Kier alpha value is -2.46. The van der Waals surface area contributed by atoms with Crippen LogP contribution in [-0.2, 0) is 31.9 Å². The molecule has 3 aromatic heterocycles. The molecule has 0 amide bonds. The minimum Gasteiger partial charge on any atom is -0.385 e. The van der Waals surface area contributed by atoms with E-state index in [2.05, 4.69) is 25.5 Å². The smallest absolute Gasteiger partial charge is 0.332 e. The number of Topliss-reactive ketones (excluding diaryl/α,β-unsaturated/α-hetero) is 1. The van der Waals surface area contributed by atoms with Crippen molar-refractivity contribution in [2.75, 3.05) is 13.7 Å². The number of hydrogen-bond acceptors (Lipinski definition) is 5. The van der Waals surface area contributed by atoms with Gasteiger partial charge in [0.15, 0.2) is 21.7 Å². The highest BCUT2D eigenvalue weighted by Crippen LogP contribution is 2.21. The number of nitrogens with zero attached hydrogens (tertiary/aromatic N) is 5. The Morgan fingerprint density at radius 2 is 1.86 bits per heavy atom. The summed E-state index contributed by atoms with van der Waals surface area (Å²) in [5.41, 5.74) is 1.98. The fraction of sp³-hybridized carbons (Fsp3) is 0.474. The van der Waals surface area contributed by atoms with Crippen molar-refractivity contribution in [2.24, 2.45) is 14.1 Å². The summed E-state index contributed by atoms with van der Waals surface area (Å²) in [5.74, 6) is -0.121. The van der Waals surface area contributed by atoms with Crippen LogP contribution in [0.15, 0.2) is 20.4 Å². The van der Waals surface area contributed by atoms with E-state index in [1.54, 1.807) is 18.7 Å². The van der Waals surface area contributed by atoms with Crippen LogP contribution >= 0.6 is 15.9 Å². The van der Waals surface area contributed by atoms with Crippen LogP contribution in [0.5, 0.6) is 0 Å². The van der Waals surface area contributed by atoms with Crippen LogP contribution in [0.1, 0.15) is 28.2 Å². The van der Waals surface area contributed by atoms with Crippen molar-refractivity contribution in [2.45, 2.75) is 33.4 Å². The van der Waals surface area contributed by atoms with Crippen LogP contribution in [0.4, 0.5) is 0 Å². The number of imidazole rings is 1. The number of fused-ring (bicyclic) bond motifs is 1. The molecule has 0 atom stereocenters. The number of hydrogen-bond donors (Lipinski definition) is 0. The Kier molecular flexibility index (Phi) is 5.95. The third-order valence-electron chi connectivity index (χ3n) is 5.20. The lowest BCUT2D eigenvalue weighted by molar-refractivity contribution is 0.0971. The number of aryl methyl sites for hydroxylation is 2. The topological polar surface area (TPSA) is 93.1 Å². The van der Waals surface area contributed by atoms with Crippen molar-refractivity contribution >= 4 is 32.9 Å². The minimum atomic E-state index is -0.494. The van der Waals surface area contributed by atoms with Crippen LogP contribution in [0.2, 0.25) is 0 Å². The summed E-state index contributed by atoms with van der Waals surface area (Å²) >= 11 is 3.33. The number of ether oxygens (including phenoxy) is 1. The van der Waals surface area contributed by atoms with Crippen LogP contribution in [-0.4, -0.2) is 42.8 Å². The Morgan fingerprint density at radius 1 is 1.17 bits per heavy atom. The van der Waals surface area contributed by atoms with E-state index in [1.807, 2.05) is 19.9 Å². The first kappa shape index (κ1) is 21.3. The summed E-state index contributed by atoms with van der Waals surface area (Å²) in [6.07, 6.45) is 0.851. The summed E-state index contributed by atoms with van der Waals surface area (Å²) in [5, 5.41) is 0. The summed E-state index contributed by atoms with van der Waals surface area (Å²) in [6.45, 7) is 5.25. The first-order valence-electron chi connectivity index (χ1n) is 9.19. The molecule has 0 radical (unpaired) electrons. The summed E-state index contributed by atoms with van der Waals surface area (Å²) in [4.78, 5) is 42.0. The molecule has 0 bridgehead atoms. The van der Waals surface area contributed by atoms with Gasteiger partial charge in [-0.1, -0.05) is 0 Å². The second-order valence-corrected chi connectivity index (χ2v) is 7.76. The maximum atomic E-state index is 13.1. The molecule has 3 rings (SSSR count). The van der Waals surface area contributed by atoms with E-state index in [4.69, 9.17) is 4.74 Å². The van der Waals surface area contributed by atoms with Gasteiger partial charge in [-0.3, -0.25) is 23.3 Å². The quantitative estimate of drug-likeness (QED) is 0.299. The van der Waals surface area contributed by atoms with Gasteiger partial charge in [0.2, 0.25) is 0 Å². The highest BCUT2D eigenvalue weighted by molar-refractivity contribution is 9.10. The molecule has 0 spiro atoms. The van der Waals surface area contributed by atoms with Crippen molar-refractivity contribution in [1.29, 1.82) is 0 Å². The number of aromatic nitrogens is 5. The van der Waals surface area contributed by atoms with Gasteiger partial charge in [0.05, 0.1) is 6.54 Å². The van der Waals surface area contributed by atoms with Crippen LogP contribution in [0.25, 0.3) is 11.2 Å². The maximum absolute atomic E-state index is 13.1. The van der Waals surface area contributed by atoms with E-state index in [1.165, 1.54) is 11.6 Å². The molecule has 0 aliphatic heterocycles. The van der Waals surface area contributed by atoms with Crippen LogP contribution in [0.3, 0.4) is 0 Å². The molecular formula is C19H24BrN5O4. The minimum absolute atomic E-state index is 0.0418. The number of halogens is 1. The normalized spacial score (nSPS) is 11.5. The van der Waals surface area contributed by atoms with E-state index in [-0.39, 0.29) is 17.8 Å². The van der Waals surface area contributed by atoms with Crippen LogP contribution < -0.4 is 11.2 Å². The lowest BCUT2D eigenvalue weighted by atomic mass is 10.1. The van der Waals surface area contributed by atoms with Crippen molar-refractivity contribution in [3.05, 3.63) is 48.6 Å². The number of carbonyl (C=O) groups excluding carboxylic acids is 1. The van der Waals surface area contributed by atoms with Gasteiger partial charge in [0, 0.05) is 51.3 Å². The number of carbonyl (C=O) groups is 1. The number of rotatable bonds is 7. The van der Waals surface area contributed by atoms with E-state index in [0.717, 1.165) is 28.9 Å². The van der Waals surface area contributed by atoms with Gasteiger partial charge in [0.25, 0.3) is 5.56 Å². The Labute approximate surface area is 175 Å². The van der Waals surface area contributed by atoms with Crippen molar-refractivity contribution < 1.29 is 9.53 Å². The Balaban J connectivity index is 2.02. The molecule has 9 nitrogen and oxygen atoms in total. The van der Waals surface area contributed by atoms with E-state index in [0.29, 0.717) is 22.6 Å². The van der Waals surface area contributed by atoms with Crippen molar-refractivity contribution in [3.63, 3.8) is 0 Å². The molecule has 0 saturated heterocycles. The summed E-state index contributed by atoms with van der Waals surface area (Å²) in [7, 11) is 4.62. The maximum Gasteiger partial charge on any atom is 0.332 e. The van der Waals surface area contributed by atoms with Crippen molar-refractivity contribution in [3.8, 4) is 0 Å². The molecule has 10 heteroatoms. The average Bonchev–Trinajstić information content (AvgIpc) is 3.16. The standard InChI is InChI=1S/C19H24BrN5O4/c1-11-9-13(12(2)24(11)7-6-8-29-5)14(26)10-25-16-15(21-18(25)20)17(27)23(4)19(28)22(16)3/h9H,6-8,10H2,1-5H3. The van der Waals surface area contributed by atoms with E-state index < -0.39 is 11.2 Å². The predicted molar refractivity (Wildman–Crippen MR) is 113 cm³/mol. The predicted octanol–water partition coefficient (Wildman–Crippen LogP) is 1.53. The van der Waals surface area contributed by atoms with Crippen molar-refractivity contribution in [1.82, 2.24) is 23.3 Å². The Morgan fingerprint density at radius 3 is 2.52 bits per heavy atom. The first-order chi connectivity index (χ1) is 13.7. The fourth-order valence-corrected chi connectivity index (χ4v) is 4.10.